The predicted molar refractivity (Wildman–Crippen MR) is 84.1 cm³/mol. The molecule has 0 bridgehead atoms. The van der Waals surface area contributed by atoms with Gasteiger partial charge in [0.25, 0.3) is 0 Å². The van der Waals surface area contributed by atoms with Crippen molar-refractivity contribution in [2.75, 3.05) is 18.0 Å². The lowest BCUT2D eigenvalue weighted by Gasteiger charge is -2.24. The zero-order valence-corrected chi connectivity index (χ0v) is 13.4. The predicted octanol–water partition coefficient (Wildman–Crippen LogP) is 2.23. The highest BCUT2D eigenvalue weighted by atomic mass is 32.2. The number of rotatable bonds is 5. The molecule has 0 spiro atoms. The Balaban J connectivity index is 1.70. The van der Waals surface area contributed by atoms with E-state index in [1.165, 1.54) is 29.5 Å². The molecule has 2 aromatic rings. The number of hydrogen-bond acceptors (Lipinski definition) is 5. The number of nitrogens with zero attached hydrogens (tertiary/aromatic N) is 2. The quantitative estimate of drug-likeness (QED) is 0.906. The number of sulfonamides is 1. The highest BCUT2D eigenvalue weighted by Crippen LogP contribution is 2.27. The van der Waals surface area contributed by atoms with E-state index in [9.17, 15) is 12.8 Å². The highest BCUT2D eigenvalue weighted by molar-refractivity contribution is 7.89. The standard InChI is InChI=1S/C14H16FN3O2S2/c15-12-5-1-2-6-13(12)22(19,20)17-10-11-4-3-8-18(11)14-16-7-9-21-14/h1-2,5-7,9,11,17H,3-4,8,10H2. The van der Waals surface area contributed by atoms with Crippen LogP contribution in [0.3, 0.4) is 0 Å². The van der Waals surface area contributed by atoms with Crippen LogP contribution >= 0.6 is 11.3 Å². The lowest BCUT2D eigenvalue weighted by molar-refractivity contribution is 0.548. The number of aromatic nitrogens is 1. The van der Waals surface area contributed by atoms with Crippen molar-refractivity contribution in [3.8, 4) is 0 Å². The summed E-state index contributed by atoms with van der Waals surface area (Å²) in [5, 5.41) is 2.79. The number of anilines is 1. The van der Waals surface area contributed by atoms with Crippen LogP contribution in [-0.4, -0.2) is 32.5 Å². The van der Waals surface area contributed by atoms with Crippen molar-refractivity contribution in [1.82, 2.24) is 9.71 Å². The third kappa shape index (κ3) is 3.13. The topological polar surface area (TPSA) is 62.3 Å². The Morgan fingerprint density at radius 3 is 2.95 bits per heavy atom. The van der Waals surface area contributed by atoms with Gasteiger partial charge in [-0.25, -0.2) is 22.5 Å². The summed E-state index contributed by atoms with van der Waals surface area (Å²) < 4.78 is 40.6. The second-order valence-corrected chi connectivity index (χ2v) is 7.69. The molecule has 0 saturated carbocycles. The Labute approximate surface area is 132 Å². The van der Waals surface area contributed by atoms with Crippen LogP contribution in [0.15, 0.2) is 40.7 Å². The molecule has 1 N–H and O–H groups in total. The first-order valence-corrected chi connectivity index (χ1v) is 9.34. The van der Waals surface area contributed by atoms with Crippen molar-refractivity contribution < 1.29 is 12.8 Å². The Morgan fingerprint density at radius 2 is 2.23 bits per heavy atom. The number of halogens is 1. The smallest absolute Gasteiger partial charge is 0.243 e. The summed E-state index contributed by atoms with van der Waals surface area (Å²) in [6, 6.07) is 5.44. The fourth-order valence-corrected chi connectivity index (χ4v) is 4.49. The molecule has 0 radical (unpaired) electrons. The first kappa shape index (κ1) is 15.4. The van der Waals surface area contributed by atoms with Gasteiger partial charge >= 0.3 is 0 Å². The first-order chi connectivity index (χ1) is 10.6. The summed E-state index contributed by atoms with van der Waals surface area (Å²) in [5.41, 5.74) is 0. The Kier molecular flexibility index (Phi) is 4.42. The van der Waals surface area contributed by atoms with E-state index in [0.717, 1.165) is 30.6 Å². The Bertz CT molecular complexity index is 734. The van der Waals surface area contributed by atoms with Crippen molar-refractivity contribution in [2.45, 2.75) is 23.8 Å². The normalized spacial score (nSPS) is 18.8. The maximum absolute atomic E-state index is 13.6. The average molecular weight is 341 g/mol. The SMILES string of the molecule is O=S(=O)(NCC1CCCN1c1nccs1)c1ccccc1F. The van der Waals surface area contributed by atoms with E-state index in [4.69, 9.17) is 0 Å². The number of hydrogen-bond donors (Lipinski definition) is 1. The summed E-state index contributed by atoms with van der Waals surface area (Å²) in [7, 11) is -3.84. The van der Waals surface area contributed by atoms with Crippen molar-refractivity contribution >= 4 is 26.5 Å². The number of benzene rings is 1. The second kappa shape index (κ2) is 6.31. The van der Waals surface area contributed by atoms with Gasteiger partial charge in [-0.05, 0) is 25.0 Å². The molecule has 1 unspecified atom stereocenters. The molecule has 1 aliphatic rings. The molecule has 1 aliphatic heterocycles. The molecule has 1 aromatic carbocycles. The Morgan fingerprint density at radius 1 is 1.41 bits per heavy atom. The van der Waals surface area contributed by atoms with Crippen molar-refractivity contribution in [1.29, 1.82) is 0 Å². The molecule has 1 saturated heterocycles. The van der Waals surface area contributed by atoms with E-state index >= 15 is 0 Å². The van der Waals surface area contributed by atoms with Crippen LogP contribution in [0.2, 0.25) is 0 Å². The van der Waals surface area contributed by atoms with E-state index in [1.54, 1.807) is 6.20 Å². The van der Waals surface area contributed by atoms with Gasteiger partial charge < -0.3 is 4.90 Å². The largest absolute Gasteiger partial charge is 0.344 e. The first-order valence-electron chi connectivity index (χ1n) is 6.98. The molecule has 1 fully saturated rings. The van der Waals surface area contributed by atoms with Gasteiger partial charge in [0.05, 0.1) is 0 Å². The van der Waals surface area contributed by atoms with Crippen LogP contribution in [0, 0.1) is 5.82 Å². The molecule has 8 heteroatoms. The molecule has 2 heterocycles. The molecular formula is C14H16FN3O2S2. The number of thiazole rings is 1. The molecule has 5 nitrogen and oxygen atoms in total. The van der Waals surface area contributed by atoms with Gasteiger partial charge in [0.1, 0.15) is 10.7 Å². The maximum Gasteiger partial charge on any atom is 0.243 e. The summed E-state index contributed by atoms with van der Waals surface area (Å²) in [6.45, 7) is 1.11. The average Bonchev–Trinajstić information content (AvgIpc) is 3.16. The van der Waals surface area contributed by atoms with Crippen LogP contribution in [-0.2, 0) is 10.0 Å². The van der Waals surface area contributed by atoms with Crippen LogP contribution in [0.25, 0.3) is 0 Å². The third-order valence-corrected chi connectivity index (χ3v) is 5.94. The minimum absolute atomic E-state index is 0.0488. The van der Waals surface area contributed by atoms with Gasteiger partial charge in [-0.2, -0.15) is 0 Å². The van der Waals surface area contributed by atoms with Crippen LogP contribution in [0.1, 0.15) is 12.8 Å². The van der Waals surface area contributed by atoms with Gasteiger partial charge in [0, 0.05) is 30.7 Å². The summed E-state index contributed by atoms with van der Waals surface area (Å²) in [6.07, 6.45) is 3.62. The van der Waals surface area contributed by atoms with E-state index in [2.05, 4.69) is 14.6 Å². The van der Waals surface area contributed by atoms with E-state index in [0.29, 0.717) is 0 Å². The molecule has 3 rings (SSSR count). The van der Waals surface area contributed by atoms with Gasteiger partial charge in [0.2, 0.25) is 10.0 Å². The van der Waals surface area contributed by atoms with E-state index in [-0.39, 0.29) is 17.5 Å². The molecule has 22 heavy (non-hydrogen) atoms. The minimum atomic E-state index is -3.84. The Hall–Kier alpha value is -1.51. The zero-order chi connectivity index (χ0) is 15.6. The third-order valence-electron chi connectivity index (χ3n) is 3.68. The summed E-state index contributed by atoms with van der Waals surface area (Å²) in [5.74, 6) is -0.738. The monoisotopic (exact) mass is 341 g/mol. The molecule has 0 amide bonds. The second-order valence-electron chi connectivity index (χ2n) is 5.09. The van der Waals surface area contributed by atoms with E-state index < -0.39 is 15.8 Å². The summed E-state index contributed by atoms with van der Waals surface area (Å²) >= 11 is 1.53. The van der Waals surface area contributed by atoms with Crippen molar-refractivity contribution in [3.05, 3.63) is 41.7 Å². The minimum Gasteiger partial charge on any atom is -0.344 e. The summed E-state index contributed by atoms with van der Waals surface area (Å²) in [4.78, 5) is 6.07. The number of nitrogens with one attached hydrogen (secondary N) is 1. The van der Waals surface area contributed by atoms with Crippen LogP contribution < -0.4 is 9.62 Å². The van der Waals surface area contributed by atoms with Crippen LogP contribution in [0.4, 0.5) is 9.52 Å². The maximum atomic E-state index is 13.6. The van der Waals surface area contributed by atoms with E-state index in [1.807, 2.05) is 5.38 Å². The van der Waals surface area contributed by atoms with Gasteiger partial charge in [-0.3, -0.25) is 0 Å². The lowest BCUT2D eigenvalue weighted by atomic mass is 10.2. The fraction of sp³-hybridized carbons (Fsp3) is 0.357. The van der Waals surface area contributed by atoms with Gasteiger partial charge in [0.15, 0.2) is 5.13 Å². The molecule has 1 atom stereocenters. The lowest BCUT2D eigenvalue weighted by Crippen LogP contribution is -2.40. The van der Waals surface area contributed by atoms with Crippen LogP contribution in [0.5, 0.6) is 0 Å². The molecule has 118 valence electrons. The van der Waals surface area contributed by atoms with Crippen molar-refractivity contribution in [3.63, 3.8) is 0 Å². The molecule has 1 aromatic heterocycles. The van der Waals surface area contributed by atoms with Crippen molar-refractivity contribution in [2.24, 2.45) is 0 Å². The molecule has 0 aliphatic carbocycles. The van der Waals surface area contributed by atoms with Gasteiger partial charge in [-0.15, -0.1) is 11.3 Å². The zero-order valence-electron chi connectivity index (χ0n) is 11.8. The molecular weight excluding hydrogens is 325 g/mol. The highest BCUT2D eigenvalue weighted by Gasteiger charge is 2.28. The van der Waals surface area contributed by atoms with Gasteiger partial charge in [-0.1, -0.05) is 12.1 Å². The fourth-order valence-electron chi connectivity index (χ4n) is 2.60.